The molecule has 1 atom stereocenters. The van der Waals surface area contributed by atoms with E-state index in [4.69, 9.17) is 0 Å². The summed E-state index contributed by atoms with van der Waals surface area (Å²) in [6, 6.07) is 5.23. The molecule has 25 heavy (non-hydrogen) atoms. The van der Waals surface area contributed by atoms with Crippen LogP contribution in [0.1, 0.15) is 40.5 Å². The fourth-order valence-corrected chi connectivity index (χ4v) is 4.53. The van der Waals surface area contributed by atoms with Crippen LogP contribution in [0.4, 0.5) is 5.69 Å². The van der Waals surface area contributed by atoms with Crippen molar-refractivity contribution in [2.45, 2.75) is 18.8 Å². The maximum atomic E-state index is 12.7. The molecule has 1 saturated heterocycles. The van der Waals surface area contributed by atoms with Crippen LogP contribution in [0.3, 0.4) is 0 Å². The van der Waals surface area contributed by atoms with Gasteiger partial charge in [0.1, 0.15) is 12.2 Å². The third kappa shape index (κ3) is 2.78. The molecule has 2 aromatic rings. The lowest BCUT2D eigenvalue weighted by Gasteiger charge is -2.18. The Balaban J connectivity index is 1.77. The molecule has 1 N–H and O–H groups in total. The maximum absolute atomic E-state index is 12.7. The number of H-pyrrole nitrogens is 1. The monoisotopic (exact) mass is 361 g/mol. The number of fused-ring (bicyclic) bond motifs is 1. The molecule has 0 aliphatic carbocycles. The highest BCUT2D eigenvalue weighted by atomic mass is 32.2. The zero-order valence-corrected chi connectivity index (χ0v) is 14.7. The lowest BCUT2D eigenvalue weighted by Crippen LogP contribution is -2.29. The molecule has 2 aliphatic rings. The number of aromatic nitrogens is 3. The fourth-order valence-electron chi connectivity index (χ4n) is 3.59. The second kappa shape index (κ2) is 5.83. The number of carbonyl (C=O) groups excluding carboxylic acids is 1. The molecule has 0 spiro atoms. The molecule has 1 aromatic heterocycles. The average Bonchev–Trinajstić information content (AvgIpc) is 3.31. The number of hydrogen-bond acceptors (Lipinski definition) is 5. The van der Waals surface area contributed by atoms with Gasteiger partial charge in [0.2, 0.25) is 10.0 Å². The summed E-state index contributed by atoms with van der Waals surface area (Å²) in [5, 5.41) is 6.69. The van der Waals surface area contributed by atoms with Crippen molar-refractivity contribution in [3.05, 3.63) is 41.5 Å². The summed E-state index contributed by atoms with van der Waals surface area (Å²) < 4.78 is 25.6. The molecule has 1 aromatic carbocycles. The van der Waals surface area contributed by atoms with Crippen molar-refractivity contribution in [2.24, 2.45) is 0 Å². The number of nitrogens with zero attached hydrogens (tertiary/aromatic N) is 4. The van der Waals surface area contributed by atoms with Crippen LogP contribution in [0.2, 0.25) is 0 Å². The zero-order valence-electron chi connectivity index (χ0n) is 13.8. The molecule has 0 radical (unpaired) electrons. The van der Waals surface area contributed by atoms with Crippen molar-refractivity contribution in [3.8, 4) is 0 Å². The Morgan fingerprint density at radius 2 is 2.04 bits per heavy atom. The van der Waals surface area contributed by atoms with E-state index in [1.165, 1.54) is 16.9 Å². The Morgan fingerprint density at radius 1 is 1.28 bits per heavy atom. The van der Waals surface area contributed by atoms with Crippen molar-refractivity contribution in [2.75, 3.05) is 30.2 Å². The van der Waals surface area contributed by atoms with Crippen LogP contribution in [-0.2, 0) is 10.0 Å². The van der Waals surface area contributed by atoms with Gasteiger partial charge in [-0.3, -0.25) is 14.2 Å². The second-order valence-corrected chi connectivity index (χ2v) is 8.40. The van der Waals surface area contributed by atoms with Crippen LogP contribution in [-0.4, -0.2) is 60.3 Å². The molecule has 2 aliphatic heterocycles. The number of anilines is 1. The Bertz CT molecular complexity index is 904. The molecule has 4 rings (SSSR count). The SMILES string of the molecule is CS(=O)(=O)N1C[C@H](c2ncn[nH]2)c2cc(C(=O)N3CCCC3)ccc21. The van der Waals surface area contributed by atoms with Gasteiger partial charge in [0.15, 0.2) is 0 Å². The van der Waals surface area contributed by atoms with Crippen LogP contribution in [0.5, 0.6) is 0 Å². The highest BCUT2D eigenvalue weighted by Gasteiger charge is 2.36. The number of benzene rings is 1. The summed E-state index contributed by atoms with van der Waals surface area (Å²) >= 11 is 0. The van der Waals surface area contributed by atoms with Crippen LogP contribution in [0.15, 0.2) is 24.5 Å². The van der Waals surface area contributed by atoms with Crippen molar-refractivity contribution in [1.29, 1.82) is 0 Å². The van der Waals surface area contributed by atoms with Crippen LogP contribution >= 0.6 is 0 Å². The molecule has 0 bridgehead atoms. The molecule has 132 valence electrons. The first-order valence-electron chi connectivity index (χ1n) is 8.21. The van der Waals surface area contributed by atoms with Gasteiger partial charge in [-0.1, -0.05) is 0 Å². The van der Waals surface area contributed by atoms with Gasteiger partial charge in [-0.25, -0.2) is 13.4 Å². The summed E-state index contributed by atoms with van der Waals surface area (Å²) in [6.07, 6.45) is 4.64. The Labute approximate surface area is 145 Å². The molecule has 0 unspecified atom stereocenters. The fraction of sp³-hybridized carbons (Fsp3) is 0.438. The number of sulfonamides is 1. The number of aromatic amines is 1. The van der Waals surface area contributed by atoms with E-state index in [1.54, 1.807) is 18.2 Å². The Kier molecular flexibility index (Phi) is 3.75. The Hall–Kier alpha value is -2.42. The second-order valence-electron chi connectivity index (χ2n) is 6.49. The smallest absolute Gasteiger partial charge is 0.253 e. The average molecular weight is 361 g/mol. The van der Waals surface area contributed by atoms with E-state index >= 15 is 0 Å². The van der Waals surface area contributed by atoms with Crippen LogP contribution in [0.25, 0.3) is 0 Å². The normalized spacial score (nSPS) is 20.1. The third-order valence-corrected chi connectivity index (χ3v) is 5.97. The molecule has 8 nitrogen and oxygen atoms in total. The lowest BCUT2D eigenvalue weighted by molar-refractivity contribution is 0.0792. The lowest BCUT2D eigenvalue weighted by atomic mass is 9.98. The molecular weight excluding hydrogens is 342 g/mol. The van der Waals surface area contributed by atoms with Gasteiger partial charge in [0.25, 0.3) is 5.91 Å². The van der Waals surface area contributed by atoms with Crippen molar-refractivity contribution >= 4 is 21.6 Å². The predicted octanol–water partition coefficient (Wildman–Crippen LogP) is 0.952. The van der Waals surface area contributed by atoms with E-state index in [2.05, 4.69) is 15.2 Å². The van der Waals surface area contributed by atoms with E-state index in [0.29, 0.717) is 17.1 Å². The van der Waals surface area contributed by atoms with Crippen molar-refractivity contribution in [3.63, 3.8) is 0 Å². The molecule has 1 fully saturated rings. The summed E-state index contributed by atoms with van der Waals surface area (Å²) in [4.78, 5) is 18.7. The number of carbonyl (C=O) groups is 1. The van der Waals surface area contributed by atoms with Gasteiger partial charge >= 0.3 is 0 Å². The summed E-state index contributed by atoms with van der Waals surface area (Å²) in [7, 11) is -3.41. The number of hydrogen-bond donors (Lipinski definition) is 1. The number of nitrogens with one attached hydrogen (secondary N) is 1. The number of amides is 1. The van der Waals surface area contributed by atoms with E-state index in [0.717, 1.165) is 31.5 Å². The van der Waals surface area contributed by atoms with E-state index in [1.807, 2.05) is 4.90 Å². The highest BCUT2D eigenvalue weighted by molar-refractivity contribution is 7.92. The summed E-state index contributed by atoms with van der Waals surface area (Å²) in [6.45, 7) is 1.80. The topological polar surface area (TPSA) is 99.3 Å². The quantitative estimate of drug-likeness (QED) is 0.877. The van der Waals surface area contributed by atoms with Crippen LogP contribution in [0, 0.1) is 0 Å². The molecule has 1 amide bonds. The van der Waals surface area contributed by atoms with Gasteiger partial charge in [-0.05, 0) is 36.6 Å². The van der Waals surface area contributed by atoms with Gasteiger partial charge in [0.05, 0.1) is 17.9 Å². The first kappa shape index (κ1) is 16.1. The van der Waals surface area contributed by atoms with Crippen molar-refractivity contribution < 1.29 is 13.2 Å². The first-order valence-corrected chi connectivity index (χ1v) is 10.1. The minimum absolute atomic E-state index is 0.00516. The number of likely N-dealkylation sites (tertiary alicyclic amines) is 1. The van der Waals surface area contributed by atoms with E-state index in [-0.39, 0.29) is 18.4 Å². The highest BCUT2D eigenvalue weighted by Crippen LogP contribution is 2.40. The van der Waals surface area contributed by atoms with Gasteiger partial charge in [-0.15, -0.1) is 0 Å². The van der Waals surface area contributed by atoms with Crippen LogP contribution < -0.4 is 4.31 Å². The molecule has 0 saturated carbocycles. The maximum Gasteiger partial charge on any atom is 0.253 e. The minimum atomic E-state index is -3.41. The minimum Gasteiger partial charge on any atom is -0.339 e. The predicted molar refractivity (Wildman–Crippen MR) is 92.0 cm³/mol. The zero-order chi connectivity index (χ0) is 17.6. The molecule has 9 heteroatoms. The number of rotatable bonds is 3. The standard InChI is InChI=1S/C16H19N5O3S/c1-25(23,24)21-9-13(15-17-10-18-19-15)12-8-11(4-5-14(12)21)16(22)20-6-2-3-7-20/h4-5,8,10,13H,2-3,6-7,9H2,1H3,(H,17,18,19)/t13-/m0/s1. The van der Waals surface area contributed by atoms with Gasteiger partial charge in [0, 0.05) is 25.2 Å². The molecular formula is C16H19N5O3S. The summed E-state index contributed by atoms with van der Waals surface area (Å²) in [5.74, 6) is 0.325. The largest absolute Gasteiger partial charge is 0.339 e. The molecule has 3 heterocycles. The third-order valence-electron chi connectivity index (χ3n) is 4.82. The summed E-state index contributed by atoms with van der Waals surface area (Å²) in [5.41, 5.74) is 1.97. The first-order chi connectivity index (χ1) is 11.9. The van der Waals surface area contributed by atoms with Crippen molar-refractivity contribution in [1.82, 2.24) is 20.1 Å². The Morgan fingerprint density at radius 3 is 2.68 bits per heavy atom. The van der Waals surface area contributed by atoms with E-state index in [9.17, 15) is 13.2 Å². The van der Waals surface area contributed by atoms with Gasteiger partial charge < -0.3 is 4.90 Å². The van der Waals surface area contributed by atoms with E-state index < -0.39 is 10.0 Å². The van der Waals surface area contributed by atoms with Gasteiger partial charge in [-0.2, -0.15) is 5.10 Å².